The van der Waals surface area contributed by atoms with Crippen LogP contribution in [0.1, 0.15) is 23.1 Å². The summed E-state index contributed by atoms with van der Waals surface area (Å²) < 4.78 is 28.0. The highest BCUT2D eigenvalue weighted by Crippen LogP contribution is 2.29. The van der Waals surface area contributed by atoms with Crippen LogP contribution in [0.5, 0.6) is 0 Å². The summed E-state index contributed by atoms with van der Waals surface area (Å²) in [5.74, 6) is 0.219. The summed E-state index contributed by atoms with van der Waals surface area (Å²) in [5, 5.41) is 5.13. The molecule has 170 valence electrons. The topological polar surface area (TPSA) is 88.2 Å². The van der Waals surface area contributed by atoms with Crippen molar-refractivity contribution >= 4 is 44.2 Å². The van der Waals surface area contributed by atoms with Crippen molar-refractivity contribution in [3.63, 3.8) is 0 Å². The highest BCUT2D eigenvalue weighted by Gasteiger charge is 2.26. The van der Waals surface area contributed by atoms with Crippen LogP contribution in [0, 0.1) is 20.8 Å². The van der Waals surface area contributed by atoms with Crippen LogP contribution in [0.4, 0.5) is 5.13 Å². The number of thioether (sulfide) groups is 1. The Kier molecular flexibility index (Phi) is 8.10. The number of carbonyl (C=O) groups excluding carboxylic acids is 1. The number of anilines is 1. The van der Waals surface area contributed by atoms with Gasteiger partial charge in [0.25, 0.3) is 0 Å². The number of sulfonamides is 1. The number of aryl methyl sites for hydroxylation is 3. The van der Waals surface area contributed by atoms with Crippen molar-refractivity contribution in [2.24, 2.45) is 0 Å². The Labute approximate surface area is 197 Å². The van der Waals surface area contributed by atoms with E-state index in [0.29, 0.717) is 17.3 Å². The first kappa shape index (κ1) is 24.4. The lowest BCUT2D eigenvalue weighted by atomic mass is 9.99. The molecule has 32 heavy (non-hydrogen) atoms. The van der Waals surface area contributed by atoms with Crippen molar-refractivity contribution in [1.82, 2.24) is 9.71 Å². The average molecular weight is 490 g/mol. The Hall–Kier alpha value is -2.20. The molecule has 1 unspecified atom stereocenters. The van der Waals surface area contributed by atoms with Gasteiger partial charge in [0.15, 0.2) is 5.13 Å². The van der Waals surface area contributed by atoms with E-state index in [4.69, 9.17) is 0 Å². The second-order valence-electron chi connectivity index (χ2n) is 7.55. The van der Waals surface area contributed by atoms with Gasteiger partial charge >= 0.3 is 0 Å². The van der Waals surface area contributed by atoms with E-state index in [9.17, 15) is 13.2 Å². The maximum Gasteiger partial charge on any atom is 0.244 e. The zero-order valence-electron chi connectivity index (χ0n) is 18.5. The van der Waals surface area contributed by atoms with Crippen LogP contribution in [0.2, 0.25) is 0 Å². The summed E-state index contributed by atoms with van der Waals surface area (Å²) in [4.78, 5) is 17.7. The van der Waals surface area contributed by atoms with E-state index in [1.807, 2.05) is 18.6 Å². The fraction of sp³-hybridized carbons (Fsp3) is 0.304. The lowest BCUT2D eigenvalue weighted by Gasteiger charge is -2.17. The normalized spacial score (nSPS) is 12.5. The van der Waals surface area contributed by atoms with E-state index in [-0.39, 0.29) is 4.90 Å². The quantitative estimate of drug-likeness (QED) is 0.452. The fourth-order valence-electron chi connectivity index (χ4n) is 3.22. The van der Waals surface area contributed by atoms with Gasteiger partial charge in [0.2, 0.25) is 15.9 Å². The van der Waals surface area contributed by atoms with E-state index in [1.165, 1.54) is 34.6 Å². The van der Waals surface area contributed by atoms with Crippen LogP contribution in [-0.4, -0.2) is 37.4 Å². The molecule has 3 aromatic rings. The van der Waals surface area contributed by atoms with Gasteiger partial charge in [-0.3, -0.25) is 4.79 Å². The molecule has 0 bridgehead atoms. The van der Waals surface area contributed by atoms with Crippen LogP contribution < -0.4 is 10.0 Å². The fourth-order valence-corrected chi connectivity index (χ4v) is 5.65. The molecule has 1 atom stereocenters. The zero-order valence-corrected chi connectivity index (χ0v) is 21.0. The maximum absolute atomic E-state index is 13.0. The number of hydrogen-bond donors (Lipinski definition) is 2. The largest absolute Gasteiger partial charge is 0.301 e. The number of hydrogen-bond acceptors (Lipinski definition) is 6. The molecule has 2 aromatic carbocycles. The van der Waals surface area contributed by atoms with E-state index < -0.39 is 22.0 Å². The third kappa shape index (κ3) is 5.98. The number of nitrogens with zero attached hydrogens (tertiary/aromatic N) is 1. The van der Waals surface area contributed by atoms with Gasteiger partial charge in [0.1, 0.15) is 6.04 Å². The molecule has 1 heterocycles. The van der Waals surface area contributed by atoms with Crippen molar-refractivity contribution in [2.45, 2.75) is 38.1 Å². The summed E-state index contributed by atoms with van der Waals surface area (Å²) in [7, 11) is -3.82. The average Bonchev–Trinajstić information content (AvgIpc) is 3.22. The molecule has 0 aliphatic heterocycles. The third-order valence-corrected chi connectivity index (χ3v) is 8.02. The Morgan fingerprint density at radius 1 is 1.09 bits per heavy atom. The molecule has 0 aliphatic carbocycles. The lowest BCUT2D eigenvalue weighted by molar-refractivity contribution is -0.117. The van der Waals surface area contributed by atoms with E-state index in [0.717, 1.165) is 16.8 Å². The molecule has 2 N–H and O–H groups in total. The monoisotopic (exact) mass is 489 g/mol. The first-order chi connectivity index (χ1) is 15.2. The third-order valence-electron chi connectivity index (χ3n) is 5.13. The van der Waals surface area contributed by atoms with Crippen molar-refractivity contribution in [1.29, 1.82) is 0 Å². The molecule has 0 aliphatic rings. The number of thiazole rings is 1. The van der Waals surface area contributed by atoms with Gasteiger partial charge in [-0.15, -0.1) is 11.3 Å². The van der Waals surface area contributed by atoms with Crippen LogP contribution in [0.25, 0.3) is 11.3 Å². The lowest BCUT2D eigenvalue weighted by Crippen LogP contribution is -2.44. The molecular weight excluding hydrogens is 462 g/mol. The van der Waals surface area contributed by atoms with Crippen molar-refractivity contribution in [2.75, 3.05) is 17.3 Å². The number of carbonyl (C=O) groups is 1. The summed E-state index contributed by atoms with van der Waals surface area (Å²) in [6.45, 7) is 6.17. The van der Waals surface area contributed by atoms with Crippen LogP contribution in [0.15, 0.2) is 52.7 Å². The van der Waals surface area contributed by atoms with Crippen molar-refractivity contribution < 1.29 is 13.2 Å². The van der Waals surface area contributed by atoms with E-state index >= 15 is 0 Å². The van der Waals surface area contributed by atoms with Gasteiger partial charge in [-0.2, -0.15) is 16.5 Å². The predicted octanol–water partition coefficient (Wildman–Crippen LogP) is 4.77. The van der Waals surface area contributed by atoms with Gasteiger partial charge in [0.05, 0.1) is 10.6 Å². The number of amides is 1. The number of rotatable bonds is 9. The highest BCUT2D eigenvalue weighted by atomic mass is 32.2. The van der Waals surface area contributed by atoms with Crippen molar-refractivity contribution in [3.8, 4) is 11.3 Å². The summed E-state index contributed by atoms with van der Waals surface area (Å²) in [6.07, 6.45) is 2.28. The first-order valence-corrected chi connectivity index (χ1v) is 13.9. The van der Waals surface area contributed by atoms with Crippen LogP contribution >= 0.6 is 23.1 Å². The first-order valence-electron chi connectivity index (χ1n) is 10.1. The van der Waals surface area contributed by atoms with Gasteiger partial charge in [-0.25, -0.2) is 13.4 Å². The summed E-state index contributed by atoms with van der Waals surface area (Å²) in [5.41, 5.74) is 5.32. The van der Waals surface area contributed by atoms with Crippen molar-refractivity contribution in [3.05, 3.63) is 64.5 Å². The Bertz CT molecular complexity index is 1190. The molecule has 0 radical (unpaired) electrons. The van der Waals surface area contributed by atoms with E-state index in [2.05, 4.69) is 41.0 Å². The standard InChI is InChI=1S/C23H27N3O3S3/c1-15-12-17(3)19(13-16(15)2)21-14-31-23(24-21)25-22(27)20(10-11-30-4)26-32(28,29)18-8-6-5-7-9-18/h5-9,12-14,20,26H,10-11H2,1-4H3,(H,24,25,27). The molecule has 1 amide bonds. The SMILES string of the molecule is CSCCC(NS(=O)(=O)c1ccccc1)C(=O)Nc1nc(-c2cc(C)c(C)cc2C)cs1. The number of aromatic nitrogens is 1. The highest BCUT2D eigenvalue weighted by molar-refractivity contribution is 7.98. The van der Waals surface area contributed by atoms with Gasteiger partial charge in [-0.05, 0) is 74.1 Å². The smallest absolute Gasteiger partial charge is 0.244 e. The van der Waals surface area contributed by atoms with Crippen LogP contribution in [-0.2, 0) is 14.8 Å². The molecule has 1 aromatic heterocycles. The second kappa shape index (κ2) is 10.6. The predicted molar refractivity (Wildman–Crippen MR) is 134 cm³/mol. The minimum atomic E-state index is -3.82. The molecular formula is C23H27N3O3S3. The van der Waals surface area contributed by atoms with Crippen LogP contribution in [0.3, 0.4) is 0 Å². The molecule has 9 heteroatoms. The second-order valence-corrected chi connectivity index (χ2v) is 11.1. The molecule has 3 rings (SSSR count). The molecule has 6 nitrogen and oxygen atoms in total. The Morgan fingerprint density at radius 3 is 2.47 bits per heavy atom. The summed E-state index contributed by atoms with van der Waals surface area (Å²) in [6, 6.07) is 11.4. The number of benzene rings is 2. The van der Waals surface area contributed by atoms with Gasteiger partial charge in [0, 0.05) is 10.9 Å². The maximum atomic E-state index is 13.0. The molecule has 0 fully saturated rings. The Balaban J connectivity index is 1.78. The zero-order chi connectivity index (χ0) is 23.3. The van der Waals surface area contributed by atoms with Gasteiger partial charge in [-0.1, -0.05) is 24.3 Å². The Morgan fingerprint density at radius 2 is 1.78 bits per heavy atom. The summed E-state index contributed by atoms with van der Waals surface area (Å²) >= 11 is 2.87. The molecule has 0 saturated heterocycles. The number of nitrogens with one attached hydrogen (secondary N) is 2. The van der Waals surface area contributed by atoms with Gasteiger partial charge < -0.3 is 5.32 Å². The van der Waals surface area contributed by atoms with E-state index in [1.54, 1.807) is 30.0 Å². The minimum absolute atomic E-state index is 0.128. The molecule has 0 spiro atoms. The minimum Gasteiger partial charge on any atom is -0.301 e. The molecule has 0 saturated carbocycles.